The van der Waals surface area contributed by atoms with E-state index < -0.39 is 5.82 Å². The summed E-state index contributed by atoms with van der Waals surface area (Å²) < 4.78 is 16.3. The second kappa shape index (κ2) is 8.64. The molecule has 2 unspecified atom stereocenters. The third kappa shape index (κ3) is 4.70. The molecule has 1 aromatic carbocycles. The number of hydrogen-bond donors (Lipinski definition) is 0. The van der Waals surface area contributed by atoms with Gasteiger partial charge in [0.2, 0.25) is 0 Å². The van der Waals surface area contributed by atoms with Crippen LogP contribution >= 0.6 is 41.1 Å². The largest absolute Gasteiger partial charge is 0.315 e. The minimum Gasteiger partial charge on any atom is -0.315 e. The van der Waals surface area contributed by atoms with Crippen molar-refractivity contribution in [1.29, 1.82) is 0 Å². The Labute approximate surface area is 187 Å². The monoisotopic (exact) mass is 541 g/mol. The Morgan fingerprint density at radius 2 is 1.86 bits per heavy atom. The lowest BCUT2D eigenvalue weighted by molar-refractivity contribution is 0.316. The Morgan fingerprint density at radius 3 is 2.52 bits per heavy atom. The van der Waals surface area contributed by atoms with E-state index in [2.05, 4.69) is 51.0 Å². The van der Waals surface area contributed by atoms with Crippen molar-refractivity contribution in [3.05, 3.63) is 58.5 Å². The number of hydrogen-bond acceptors (Lipinski definition) is 3. The molecule has 1 saturated carbocycles. The molecule has 4 rings (SSSR count). The third-order valence-electron chi connectivity index (χ3n) is 5.58. The normalized spacial score (nSPS) is 15.7. The topological polar surface area (TPSA) is 47.8 Å². The van der Waals surface area contributed by atoms with Crippen molar-refractivity contribution in [3.63, 3.8) is 0 Å². The van der Waals surface area contributed by atoms with E-state index in [0.717, 1.165) is 18.4 Å². The van der Waals surface area contributed by atoms with E-state index in [4.69, 9.17) is 0 Å². The Hall–Kier alpha value is -0.970. The highest BCUT2D eigenvalue weighted by molar-refractivity contribution is 14.1. The second-order valence-corrected chi connectivity index (χ2v) is 14.4. The van der Waals surface area contributed by atoms with E-state index in [1.807, 2.05) is 12.3 Å². The highest BCUT2D eigenvalue weighted by Gasteiger charge is 2.19. The molecule has 0 spiro atoms. The van der Waals surface area contributed by atoms with Crippen molar-refractivity contribution in [2.45, 2.75) is 41.6 Å². The van der Waals surface area contributed by atoms with Gasteiger partial charge in [-0.2, -0.15) is 0 Å². The van der Waals surface area contributed by atoms with E-state index >= 15 is 0 Å². The van der Waals surface area contributed by atoms with Crippen molar-refractivity contribution >= 4 is 51.8 Å². The standard InChI is InChI=1S/C21H23FIN3OP2/c22-18-9-16-14(6-7-26(20(16)27)12-13-4-2-1-3-5-13)8-17(18)19-24-10-15(11-25-19)21(23,28)29/h6-11,13H,1-5,12,28-29H2. The first-order chi connectivity index (χ1) is 13.8. The van der Waals surface area contributed by atoms with Gasteiger partial charge in [-0.1, -0.05) is 41.9 Å². The van der Waals surface area contributed by atoms with Crippen LogP contribution in [0.25, 0.3) is 22.2 Å². The first kappa shape index (κ1) is 21.3. The first-order valence-electron chi connectivity index (χ1n) is 9.75. The van der Waals surface area contributed by atoms with E-state index in [-0.39, 0.29) is 8.46 Å². The number of halogens is 2. The summed E-state index contributed by atoms with van der Waals surface area (Å²) in [5, 5.41) is 1.11. The summed E-state index contributed by atoms with van der Waals surface area (Å²) in [4.78, 5) is 21.6. The smallest absolute Gasteiger partial charge is 0.258 e. The molecule has 1 aliphatic carbocycles. The Bertz CT molecular complexity index is 1090. The molecule has 29 heavy (non-hydrogen) atoms. The van der Waals surface area contributed by atoms with Crippen LogP contribution in [0.3, 0.4) is 0 Å². The van der Waals surface area contributed by atoms with Gasteiger partial charge in [-0.15, -0.1) is 18.5 Å². The maximum absolute atomic E-state index is 14.9. The van der Waals surface area contributed by atoms with Crippen LogP contribution in [-0.4, -0.2) is 14.5 Å². The predicted molar refractivity (Wildman–Crippen MR) is 131 cm³/mol. The molecule has 0 saturated heterocycles. The molecule has 0 amide bonds. The highest BCUT2D eigenvalue weighted by Crippen LogP contribution is 2.44. The zero-order valence-electron chi connectivity index (χ0n) is 15.9. The summed E-state index contributed by atoms with van der Waals surface area (Å²) in [5.41, 5.74) is 1.08. The second-order valence-electron chi connectivity index (χ2n) is 7.76. The fourth-order valence-corrected chi connectivity index (χ4v) is 4.51. The van der Waals surface area contributed by atoms with Crippen LogP contribution in [0.4, 0.5) is 4.39 Å². The molecule has 2 aromatic heterocycles. The predicted octanol–water partition coefficient (Wildman–Crippen LogP) is 5.47. The molecule has 8 heteroatoms. The van der Waals surface area contributed by atoms with Crippen LogP contribution in [0.1, 0.15) is 37.7 Å². The number of benzene rings is 1. The summed E-state index contributed by atoms with van der Waals surface area (Å²) in [7, 11) is 5.39. The van der Waals surface area contributed by atoms with Gasteiger partial charge in [-0.05, 0) is 42.3 Å². The molecule has 4 nitrogen and oxygen atoms in total. The molecular weight excluding hydrogens is 518 g/mol. The minimum atomic E-state index is -0.477. The molecule has 0 radical (unpaired) electrons. The van der Waals surface area contributed by atoms with Gasteiger partial charge in [-0.3, -0.25) is 4.79 Å². The number of pyridine rings is 1. The van der Waals surface area contributed by atoms with Crippen LogP contribution in [0, 0.1) is 11.7 Å². The number of alkyl halides is 1. The van der Waals surface area contributed by atoms with Crippen LogP contribution in [0.5, 0.6) is 0 Å². The summed E-state index contributed by atoms with van der Waals surface area (Å²) in [6, 6.07) is 4.89. The molecule has 1 fully saturated rings. The lowest BCUT2D eigenvalue weighted by Gasteiger charge is -2.22. The maximum atomic E-state index is 14.9. The van der Waals surface area contributed by atoms with Gasteiger partial charge in [-0.25, -0.2) is 14.4 Å². The highest BCUT2D eigenvalue weighted by atomic mass is 127. The average molecular weight is 541 g/mol. The zero-order chi connectivity index (χ0) is 20.6. The van der Waals surface area contributed by atoms with Crippen molar-refractivity contribution < 1.29 is 4.39 Å². The Morgan fingerprint density at radius 1 is 1.17 bits per heavy atom. The molecule has 2 heterocycles. The van der Waals surface area contributed by atoms with Crippen LogP contribution in [0.15, 0.2) is 41.6 Å². The van der Waals surface area contributed by atoms with Crippen molar-refractivity contribution in [2.75, 3.05) is 0 Å². The van der Waals surface area contributed by atoms with E-state index in [9.17, 15) is 9.18 Å². The fourth-order valence-electron chi connectivity index (χ4n) is 3.93. The van der Waals surface area contributed by atoms with Gasteiger partial charge in [0.15, 0.2) is 5.82 Å². The molecular formula is C21H23FIN3OP2. The van der Waals surface area contributed by atoms with Crippen LogP contribution in [-0.2, 0) is 9.45 Å². The lowest BCUT2D eigenvalue weighted by Crippen LogP contribution is -2.24. The quantitative estimate of drug-likeness (QED) is 0.250. The van der Waals surface area contributed by atoms with Gasteiger partial charge in [0.1, 0.15) is 5.82 Å². The number of fused-ring (bicyclic) bond motifs is 1. The van der Waals surface area contributed by atoms with Crippen molar-refractivity contribution in [2.24, 2.45) is 5.92 Å². The minimum absolute atomic E-state index is 0.129. The summed E-state index contributed by atoms with van der Waals surface area (Å²) in [5.74, 6) is 0.374. The van der Waals surface area contributed by atoms with Gasteiger partial charge in [0, 0.05) is 30.7 Å². The number of nitrogens with zero attached hydrogens (tertiary/aromatic N) is 3. The average Bonchev–Trinajstić information content (AvgIpc) is 2.70. The first-order valence-corrected chi connectivity index (χ1v) is 12.0. The fraction of sp³-hybridized carbons (Fsp3) is 0.381. The van der Waals surface area contributed by atoms with Crippen LogP contribution < -0.4 is 5.56 Å². The molecule has 1 aliphatic rings. The molecule has 2 atom stereocenters. The third-order valence-corrected chi connectivity index (χ3v) is 6.87. The van der Waals surface area contributed by atoms with E-state index in [1.165, 1.54) is 25.3 Å². The Balaban J connectivity index is 1.68. The number of aromatic nitrogens is 3. The van der Waals surface area contributed by atoms with Crippen molar-refractivity contribution in [3.8, 4) is 11.4 Å². The Kier molecular flexibility index (Phi) is 6.34. The molecule has 0 bridgehead atoms. The molecule has 0 N–H and O–H groups in total. The van der Waals surface area contributed by atoms with E-state index in [0.29, 0.717) is 34.6 Å². The van der Waals surface area contributed by atoms with Crippen LogP contribution in [0.2, 0.25) is 0 Å². The lowest BCUT2D eigenvalue weighted by atomic mass is 9.89. The molecule has 3 aromatic rings. The molecule has 152 valence electrons. The number of rotatable bonds is 4. The summed E-state index contributed by atoms with van der Waals surface area (Å²) >= 11 is 2.25. The SMILES string of the molecule is O=c1c2cc(F)c(-c3ncc(C(P)(P)I)cn3)cc2ccn1CC1CCCCC1. The summed E-state index contributed by atoms with van der Waals surface area (Å²) in [6.07, 6.45) is 11.3. The zero-order valence-corrected chi connectivity index (χ0v) is 20.4. The van der Waals surface area contributed by atoms with Crippen molar-refractivity contribution in [1.82, 2.24) is 14.5 Å². The van der Waals surface area contributed by atoms with Gasteiger partial charge >= 0.3 is 0 Å². The summed E-state index contributed by atoms with van der Waals surface area (Å²) in [6.45, 7) is 0.713. The van der Waals surface area contributed by atoms with Gasteiger partial charge in [0.25, 0.3) is 5.56 Å². The van der Waals surface area contributed by atoms with E-state index in [1.54, 1.807) is 23.0 Å². The maximum Gasteiger partial charge on any atom is 0.258 e. The van der Waals surface area contributed by atoms with Gasteiger partial charge < -0.3 is 4.57 Å². The molecule has 0 aliphatic heterocycles. The van der Waals surface area contributed by atoms with Gasteiger partial charge in [0.05, 0.1) is 13.9 Å².